The second-order valence-electron chi connectivity index (χ2n) is 5.12. The molecule has 0 radical (unpaired) electrons. The van der Waals surface area contributed by atoms with Crippen LogP contribution in [0.5, 0.6) is 0 Å². The molecule has 21 heavy (non-hydrogen) atoms. The van der Waals surface area contributed by atoms with Crippen molar-refractivity contribution in [2.75, 3.05) is 13.1 Å². The van der Waals surface area contributed by atoms with Crippen LogP contribution in [0.3, 0.4) is 0 Å². The first-order chi connectivity index (χ1) is 10.1. The summed E-state index contributed by atoms with van der Waals surface area (Å²) in [5.41, 5.74) is 1.75. The number of carboxylic acids is 1. The fourth-order valence-corrected chi connectivity index (χ4v) is 2.37. The molecule has 2 N–H and O–H groups in total. The van der Waals surface area contributed by atoms with E-state index in [2.05, 4.69) is 11.2 Å². The summed E-state index contributed by atoms with van der Waals surface area (Å²) in [6, 6.07) is 7.16. The summed E-state index contributed by atoms with van der Waals surface area (Å²) in [6.07, 6.45) is 6.64. The van der Waals surface area contributed by atoms with Gasteiger partial charge in [0.05, 0.1) is 5.92 Å². The lowest BCUT2D eigenvalue weighted by Gasteiger charge is -2.30. The van der Waals surface area contributed by atoms with Crippen molar-refractivity contribution in [1.82, 2.24) is 10.2 Å². The number of carbonyl (C=O) groups excluding carboxylic acids is 1. The van der Waals surface area contributed by atoms with Gasteiger partial charge in [-0.05, 0) is 30.5 Å². The van der Waals surface area contributed by atoms with Crippen molar-refractivity contribution in [2.24, 2.45) is 5.92 Å². The second-order valence-corrected chi connectivity index (χ2v) is 5.12. The lowest BCUT2D eigenvalue weighted by atomic mass is 9.99. The number of hydrogen-bond acceptors (Lipinski definition) is 2. The van der Waals surface area contributed by atoms with E-state index in [4.69, 9.17) is 11.5 Å². The van der Waals surface area contributed by atoms with E-state index in [1.54, 1.807) is 4.90 Å². The number of nitrogens with zero attached hydrogens (tertiary/aromatic N) is 1. The van der Waals surface area contributed by atoms with E-state index in [0.29, 0.717) is 19.5 Å². The molecule has 1 unspecified atom stereocenters. The first-order valence-corrected chi connectivity index (χ1v) is 6.91. The highest BCUT2D eigenvalue weighted by atomic mass is 16.4. The second kappa shape index (κ2) is 6.80. The Morgan fingerprint density at radius 3 is 2.71 bits per heavy atom. The van der Waals surface area contributed by atoms with Crippen molar-refractivity contribution in [3.8, 4) is 12.3 Å². The van der Waals surface area contributed by atoms with Crippen molar-refractivity contribution >= 4 is 12.0 Å². The Hall–Kier alpha value is -2.48. The van der Waals surface area contributed by atoms with E-state index in [9.17, 15) is 9.59 Å². The monoisotopic (exact) mass is 286 g/mol. The normalized spacial score (nSPS) is 17.9. The highest BCUT2D eigenvalue weighted by Gasteiger charge is 2.27. The topological polar surface area (TPSA) is 69.6 Å². The third-order valence-corrected chi connectivity index (χ3v) is 3.62. The molecule has 2 rings (SSSR count). The highest BCUT2D eigenvalue weighted by Crippen LogP contribution is 2.16. The van der Waals surface area contributed by atoms with Gasteiger partial charge >= 0.3 is 12.0 Å². The van der Waals surface area contributed by atoms with Crippen LogP contribution in [0, 0.1) is 18.3 Å². The average Bonchev–Trinajstić information content (AvgIpc) is 2.53. The molecular weight excluding hydrogens is 268 g/mol. The molecule has 5 heteroatoms. The standard InChI is InChI=1S/C16H18N2O3/c1-2-12-5-7-13(8-6-12)10-17-16(21)18-9-3-4-14(11-18)15(19)20/h1,5-8,14H,3-4,9-11H2,(H,17,21)(H,19,20). The first kappa shape index (κ1) is 14.9. The van der Waals surface area contributed by atoms with Gasteiger partial charge in [-0.1, -0.05) is 18.1 Å². The van der Waals surface area contributed by atoms with E-state index in [1.165, 1.54) is 0 Å². The van der Waals surface area contributed by atoms with Crippen LogP contribution >= 0.6 is 0 Å². The predicted molar refractivity (Wildman–Crippen MR) is 78.5 cm³/mol. The third-order valence-electron chi connectivity index (χ3n) is 3.62. The van der Waals surface area contributed by atoms with Crippen LogP contribution in [0.1, 0.15) is 24.0 Å². The van der Waals surface area contributed by atoms with E-state index in [0.717, 1.165) is 17.5 Å². The van der Waals surface area contributed by atoms with Gasteiger partial charge in [-0.2, -0.15) is 0 Å². The van der Waals surface area contributed by atoms with Gasteiger partial charge in [0.15, 0.2) is 0 Å². The molecule has 1 heterocycles. The van der Waals surface area contributed by atoms with Crippen LogP contribution in [-0.4, -0.2) is 35.1 Å². The van der Waals surface area contributed by atoms with Gasteiger partial charge in [0.1, 0.15) is 0 Å². The van der Waals surface area contributed by atoms with Crippen LogP contribution in [0.2, 0.25) is 0 Å². The number of likely N-dealkylation sites (tertiary alicyclic amines) is 1. The molecule has 0 aromatic heterocycles. The molecule has 0 spiro atoms. The number of rotatable bonds is 3. The first-order valence-electron chi connectivity index (χ1n) is 6.91. The number of aliphatic carboxylic acids is 1. The van der Waals surface area contributed by atoms with Crippen LogP contribution in [0.25, 0.3) is 0 Å². The zero-order chi connectivity index (χ0) is 15.2. The highest BCUT2D eigenvalue weighted by molar-refractivity contribution is 5.76. The number of terminal acetylenes is 1. The molecule has 1 aliphatic heterocycles. The van der Waals surface area contributed by atoms with Crippen LogP contribution in [0.4, 0.5) is 4.79 Å². The van der Waals surface area contributed by atoms with E-state index < -0.39 is 11.9 Å². The fraction of sp³-hybridized carbons (Fsp3) is 0.375. The number of nitrogens with one attached hydrogen (secondary N) is 1. The molecule has 1 aromatic rings. The zero-order valence-corrected chi connectivity index (χ0v) is 11.7. The Kier molecular flexibility index (Phi) is 4.83. The molecule has 1 atom stereocenters. The predicted octanol–water partition coefficient (Wildman–Crippen LogP) is 1.67. The molecule has 0 bridgehead atoms. The largest absolute Gasteiger partial charge is 0.481 e. The Labute approximate surface area is 124 Å². The number of urea groups is 1. The number of carboxylic acid groups (broad SMARTS) is 1. The Morgan fingerprint density at radius 1 is 1.38 bits per heavy atom. The number of hydrogen-bond donors (Lipinski definition) is 2. The average molecular weight is 286 g/mol. The molecule has 5 nitrogen and oxygen atoms in total. The summed E-state index contributed by atoms with van der Waals surface area (Å²) >= 11 is 0. The SMILES string of the molecule is C#Cc1ccc(CNC(=O)N2CCCC(C(=O)O)C2)cc1. The number of piperidine rings is 1. The lowest BCUT2D eigenvalue weighted by molar-refractivity contribution is -0.143. The molecule has 1 aliphatic rings. The van der Waals surface area contributed by atoms with Gasteiger partial charge in [0, 0.05) is 25.2 Å². The maximum atomic E-state index is 12.1. The van der Waals surface area contributed by atoms with Gasteiger partial charge in [0.25, 0.3) is 0 Å². The molecule has 1 aromatic carbocycles. The summed E-state index contributed by atoms with van der Waals surface area (Å²) in [5, 5.41) is 11.8. The third kappa shape index (κ3) is 3.99. The number of amides is 2. The smallest absolute Gasteiger partial charge is 0.317 e. The lowest BCUT2D eigenvalue weighted by Crippen LogP contribution is -2.46. The molecule has 2 amide bonds. The quantitative estimate of drug-likeness (QED) is 0.831. The maximum Gasteiger partial charge on any atom is 0.317 e. The Bertz CT molecular complexity index is 560. The van der Waals surface area contributed by atoms with E-state index in [-0.39, 0.29) is 12.6 Å². The Morgan fingerprint density at radius 2 is 2.10 bits per heavy atom. The van der Waals surface area contributed by atoms with Gasteiger partial charge in [-0.25, -0.2) is 4.79 Å². The summed E-state index contributed by atoms with van der Waals surface area (Å²) in [5.74, 6) is 1.24. The van der Waals surface area contributed by atoms with Gasteiger partial charge in [-0.3, -0.25) is 4.79 Å². The van der Waals surface area contributed by atoms with Gasteiger partial charge < -0.3 is 15.3 Å². The fourth-order valence-electron chi connectivity index (χ4n) is 2.37. The molecule has 110 valence electrons. The number of carbonyl (C=O) groups is 2. The maximum absolute atomic E-state index is 12.1. The molecule has 1 saturated heterocycles. The van der Waals surface area contributed by atoms with Crippen molar-refractivity contribution in [3.63, 3.8) is 0 Å². The van der Waals surface area contributed by atoms with Crippen molar-refractivity contribution in [2.45, 2.75) is 19.4 Å². The summed E-state index contributed by atoms with van der Waals surface area (Å²) < 4.78 is 0. The molecule has 0 saturated carbocycles. The van der Waals surface area contributed by atoms with Crippen LogP contribution in [0.15, 0.2) is 24.3 Å². The van der Waals surface area contributed by atoms with E-state index >= 15 is 0 Å². The minimum Gasteiger partial charge on any atom is -0.481 e. The Balaban J connectivity index is 1.86. The minimum atomic E-state index is -0.836. The molecule has 0 aliphatic carbocycles. The summed E-state index contributed by atoms with van der Waals surface area (Å²) in [4.78, 5) is 24.6. The van der Waals surface area contributed by atoms with E-state index in [1.807, 2.05) is 24.3 Å². The summed E-state index contributed by atoms with van der Waals surface area (Å²) in [6.45, 7) is 1.28. The van der Waals surface area contributed by atoms with Crippen molar-refractivity contribution in [1.29, 1.82) is 0 Å². The van der Waals surface area contributed by atoms with Crippen LogP contribution < -0.4 is 5.32 Å². The summed E-state index contributed by atoms with van der Waals surface area (Å²) in [7, 11) is 0. The van der Waals surface area contributed by atoms with Crippen molar-refractivity contribution < 1.29 is 14.7 Å². The number of benzene rings is 1. The van der Waals surface area contributed by atoms with Crippen LogP contribution in [-0.2, 0) is 11.3 Å². The zero-order valence-electron chi connectivity index (χ0n) is 11.7. The molecule has 1 fully saturated rings. The molecular formula is C16H18N2O3. The van der Waals surface area contributed by atoms with Crippen molar-refractivity contribution in [3.05, 3.63) is 35.4 Å². The van der Waals surface area contributed by atoms with Gasteiger partial charge in [-0.15, -0.1) is 6.42 Å². The minimum absolute atomic E-state index is 0.220. The van der Waals surface area contributed by atoms with Gasteiger partial charge in [0.2, 0.25) is 0 Å².